The highest BCUT2D eigenvalue weighted by Crippen LogP contribution is 2.25. The van der Waals surface area contributed by atoms with Crippen LogP contribution in [-0.4, -0.2) is 39.0 Å². The Kier molecular flexibility index (Phi) is 5.86. The van der Waals surface area contributed by atoms with Crippen LogP contribution in [0.5, 0.6) is 5.75 Å². The summed E-state index contributed by atoms with van der Waals surface area (Å²) in [5.41, 5.74) is 0.0501. The number of hydrogen-bond donors (Lipinski definition) is 3. The van der Waals surface area contributed by atoms with Crippen LogP contribution in [0.15, 0.2) is 36.5 Å². The number of benzene rings is 1. The first kappa shape index (κ1) is 20.6. The van der Waals surface area contributed by atoms with Crippen molar-refractivity contribution in [2.75, 3.05) is 17.7 Å². The van der Waals surface area contributed by atoms with E-state index in [4.69, 9.17) is 4.74 Å². The molecule has 1 amide bonds. The Morgan fingerprint density at radius 2 is 1.90 bits per heavy atom. The van der Waals surface area contributed by atoms with Crippen molar-refractivity contribution >= 4 is 29.2 Å². The van der Waals surface area contributed by atoms with Gasteiger partial charge in [-0.2, -0.15) is 0 Å². The van der Waals surface area contributed by atoms with Gasteiger partial charge in [0, 0.05) is 24.0 Å². The summed E-state index contributed by atoms with van der Waals surface area (Å²) in [5.74, 6) is -1.74. The van der Waals surface area contributed by atoms with Crippen molar-refractivity contribution in [1.29, 1.82) is 0 Å². The first-order chi connectivity index (χ1) is 14.3. The minimum atomic E-state index is -1.31. The Bertz CT molecular complexity index is 1120. The van der Waals surface area contributed by atoms with E-state index >= 15 is 0 Å². The molecule has 0 radical (unpaired) electrons. The number of nitrogens with zero attached hydrogens (tertiary/aromatic N) is 3. The van der Waals surface area contributed by atoms with Crippen LogP contribution in [0, 0.1) is 19.7 Å². The fourth-order valence-corrected chi connectivity index (χ4v) is 2.79. The third-order valence-corrected chi connectivity index (χ3v) is 4.03. The van der Waals surface area contributed by atoms with Gasteiger partial charge in [0.2, 0.25) is 0 Å². The summed E-state index contributed by atoms with van der Waals surface area (Å²) in [7, 11) is 1.30. The summed E-state index contributed by atoms with van der Waals surface area (Å²) in [4.78, 5) is 36.7. The number of carboxylic acid groups (broad SMARTS) is 1. The maximum Gasteiger partial charge on any atom is 0.339 e. The Labute approximate surface area is 171 Å². The van der Waals surface area contributed by atoms with Crippen molar-refractivity contribution in [3.05, 3.63) is 65.0 Å². The van der Waals surface area contributed by atoms with E-state index < -0.39 is 17.7 Å². The van der Waals surface area contributed by atoms with Crippen LogP contribution in [0.4, 0.5) is 21.7 Å². The minimum absolute atomic E-state index is 0.0173. The van der Waals surface area contributed by atoms with Crippen LogP contribution >= 0.6 is 0 Å². The van der Waals surface area contributed by atoms with Crippen molar-refractivity contribution in [2.45, 2.75) is 13.8 Å². The lowest BCUT2D eigenvalue weighted by molar-refractivity contribution is 0.0697. The average molecular weight is 411 g/mol. The number of halogens is 1. The van der Waals surface area contributed by atoms with Gasteiger partial charge in [0.25, 0.3) is 5.91 Å². The number of anilines is 3. The molecule has 0 saturated heterocycles. The van der Waals surface area contributed by atoms with E-state index in [2.05, 4.69) is 25.6 Å². The summed E-state index contributed by atoms with van der Waals surface area (Å²) in [5, 5.41) is 14.8. The molecule has 9 nitrogen and oxygen atoms in total. The van der Waals surface area contributed by atoms with E-state index in [1.807, 2.05) is 0 Å². The molecule has 0 aliphatic heterocycles. The minimum Gasteiger partial charge on any atom is -0.496 e. The highest BCUT2D eigenvalue weighted by molar-refractivity contribution is 6.09. The summed E-state index contributed by atoms with van der Waals surface area (Å²) < 4.78 is 19.2. The SMILES string of the molecule is COc1cccc(F)c1C(=O)Nc1cc(Nc2cc(C)nc(C)n2)ncc1C(=O)O. The van der Waals surface area contributed by atoms with E-state index in [0.29, 0.717) is 11.6 Å². The van der Waals surface area contributed by atoms with Crippen molar-refractivity contribution in [1.82, 2.24) is 15.0 Å². The zero-order valence-corrected chi connectivity index (χ0v) is 16.4. The van der Waals surface area contributed by atoms with Gasteiger partial charge in [0.1, 0.15) is 40.2 Å². The lowest BCUT2D eigenvalue weighted by atomic mass is 10.1. The fraction of sp³-hybridized carbons (Fsp3) is 0.150. The third kappa shape index (κ3) is 4.49. The molecule has 0 atom stereocenters. The van der Waals surface area contributed by atoms with Crippen molar-refractivity contribution in [3.8, 4) is 5.75 Å². The van der Waals surface area contributed by atoms with E-state index in [1.165, 1.54) is 25.3 Å². The first-order valence-corrected chi connectivity index (χ1v) is 8.75. The number of pyridine rings is 1. The van der Waals surface area contributed by atoms with Gasteiger partial charge in [-0.3, -0.25) is 4.79 Å². The highest BCUT2D eigenvalue weighted by atomic mass is 19.1. The summed E-state index contributed by atoms with van der Waals surface area (Å²) in [6.45, 7) is 3.53. The number of methoxy groups -OCH3 is 1. The summed E-state index contributed by atoms with van der Waals surface area (Å²) in [6, 6.07) is 6.93. The molecule has 0 aliphatic carbocycles. The topological polar surface area (TPSA) is 126 Å². The lowest BCUT2D eigenvalue weighted by Gasteiger charge is -2.13. The Hall–Kier alpha value is -4.08. The Balaban J connectivity index is 1.96. The number of carbonyl (C=O) groups is 2. The first-order valence-electron chi connectivity index (χ1n) is 8.75. The van der Waals surface area contributed by atoms with Gasteiger partial charge in [0.05, 0.1) is 12.8 Å². The van der Waals surface area contributed by atoms with Crippen LogP contribution in [0.2, 0.25) is 0 Å². The van der Waals surface area contributed by atoms with E-state index in [9.17, 15) is 19.1 Å². The van der Waals surface area contributed by atoms with Gasteiger partial charge < -0.3 is 20.5 Å². The Morgan fingerprint density at radius 1 is 1.13 bits per heavy atom. The molecule has 0 saturated carbocycles. The number of carboxylic acids is 1. The standard InChI is InChI=1S/C20H18FN5O4/c1-10-7-17(24-11(2)23-10)26-16-8-14(12(9-22-16)20(28)29)25-19(27)18-13(21)5-4-6-15(18)30-3/h4-9H,1-3H3,(H,28,29)(H2,22,23,24,25,26,27). The number of amides is 1. The molecule has 3 rings (SSSR count). The largest absolute Gasteiger partial charge is 0.496 e. The van der Waals surface area contributed by atoms with Gasteiger partial charge in [-0.15, -0.1) is 0 Å². The molecule has 154 valence electrons. The van der Waals surface area contributed by atoms with Gasteiger partial charge in [-0.1, -0.05) is 6.07 Å². The molecule has 2 aromatic heterocycles. The molecule has 30 heavy (non-hydrogen) atoms. The lowest BCUT2D eigenvalue weighted by Crippen LogP contribution is -2.18. The maximum absolute atomic E-state index is 14.2. The molecule has 2 heterocycles. The number of ether oxygens (including phenoxy) is 1. The van der Waals surface area contributed by atoms with Crippen LogP contribution in [-0.2, 0) is 0 Å². The second-order valence-corrected chi connectivity index (χ2v) is 6.26. The van der Waals surface area contributed by atoms with Crippen molar-refractivity contribution in [3.63, 3.8) is 0 Å². The zero-order valence-electron chi connectivity index (χ0n) is 16.4. The monoisotopic (exact) mass is 411 g/mol. The molecule has 3 N–H and O–H groups in total. The van der Waals surface area contributed by atoms with Gasteiger partial charge in [-0.25, -0.2) is 24.1 Å². The van der Waals surface area contributed by atoms with Crippen LogP contribution in [0.25, 0.3) is 0 Å². The number of carbonyl (C=O) groups excluding carboxylic acids is 1. The van der Waals surface area contributed by atoms with Crippen LogP contribution in [0.3, 0.4) is 0 Å². The van der Waals surface area contributed by atoms with E-state index in [-0.39, 0.29) is 28.4 Å². The number of hydrogen-bond acceptors (Lipinski definition) is 7. The summed E-state index contributed by atoms with van der Waals surface area (Å²) >= 11 is 0. The van der Waals surface area contributed by atoms with E-state index in [0.717, 1.165) is 18.0 Å². The Morgan fingerprint density at radius 3 is 2.57 bits per heavy atom. The molecule has 0 fully saturated rings. The fourth-order valence-electron chi connectivity index (χ4n) is 2.79. The number of nitrogens with one attached hydrogen (secondary N) is 2. The molecular formula is C20H18FN5O4. The molecule has 0 bridgehead atoms. The van der Waals surface area contributed by atoms with Gasteiger partial charge in [0.15, 0.2) is 0 Å². The number of rotatable bonds is 6. The predicted octanol–water partition coefficient (Wildman–Crippen LogP) is 3.33. The maximum atomic E-state index is 14.2. The average Bonchev–Trinajstić information content (AvgIpc) is 2.66. The quantitative estimate of drug-likeness (QED) is 0.564. The second kappa shape index (κ2) is 8.52. The molecule has 0 unspecified atom stereocenters. The third-order valence-electron chi connectivity index (χ3n) is 4.03. The normalized spacial score (nSPS) is 10.4. The summed E-state index contributed by atoms with van der Waals surface area (Å²) in [6.07, 6.45) is 1.08. The van der Waals surface area contributed by atoms with Crippen molar-refractivity contribution in [2.24, 2.45) is 0 Å². The number of aromatic nitrogens is 3. The van der Waals surface area contributed by atoms with Crippen molar-refractivity contribution < 1.29 is 23.8 Å². The molecular weight excluding hydrogens is 393 g/mol. The smallest absolute Gasteiger partial charge is 0.339 e. The predicted molar refractivity (Wildman–Crippen MR) is 107 cm³/mol. The highest BCUT2D eigenvalue weighted by Gasteiger charge is 2.21. The molecule has 1 aromatic carbocycles. The molecule has 3 aromatic rings. The number of aromatic carboxylic acids is 1. The second-order valence-electron chi connectivity index (χ2n) is 6.26. The molecule has 0 aliphatic rings. The van der Waals surface area contributed by atoms with Crippen LogP contribution < -0.4 is 15.4 Å². The zero-order chi connectivity index (χ0) is 21.8. The molecule has 10 heteroatoms. The molecule has 0 spiro atoms. The number of aryl methyl sites for hydroxylation is 2. The van der Waals surface area contributed by atoms with E-state index in [1.54, 1.807) is 19.9 Å². The van der Waals surface area contributed by atoms with Gasteiger partial charge >= 0.3 is 5.97 Å². The van der Waals surface area contributed by atoms with Gasteiger partial charge in [-0.05, 0) is 26.0 Å². The van der Waals surface area contributed by atoms with Crippen LogP contribution in [0.1, 0.15) is 32.2 Å².